The molecule has 4 atom stereocenters. The van der Waals surface area contributed by atoms with Gasteiger partial charge < -0.3 is 39.9 Å². The maximum atomic E-state index is 16.1. The number of nitrogens with zero attached hydrogens (tertiary/aromatic N) is 4. The van der Waals surface area contributed by atoms with Gasteiger partial charge in [-0.15, -0.1) is 0 Å². The molecule has 0 spiro atoms. The van der Waals surface area contributed by atoms with Gasteiger partial charge in [-0.1, -0.05) is 52.0 Å². The molecule has 2 aliphatic heterocycles. The Hall–Kier alpha value is -5.94. The molecule has 4 amide bonds. The van der Waals surface area contributed by atoms with Crippen LogP contribution in [0.5, 0.6) is 0 Å². The zero-order valence-corrected chi connectivity index (χ0v) is 34.1. The molecule has 0 radical (unpaired) electrons. The smallest absolute Gasteiger partial charge is 0.407 e. The molecule has 0 unspecified atom stereocenters. The number of alkyl halides is 4. The molecule has 2 aromatic heterocycles. The number of H-pyrrole nitrogens is 2. The first-order chi connectivity index (χ1) is 28.5. The number of imidazole rings is 2. The van der Waals surface area contributed by atoms with Crippen LogP contribution in [-0.4, -0.2) is 93.1 Å². The second kappa shape index (κ2) is 16.3. The molecule has 14 nitrogen and oxygen atoms in total. The first-order valence-corrected chi connectivity index (χ1v) is 19.9. The number of hydrogen-bond acceptors (Lipinski definition) is 8. The monoisotopic (exact) mass is 836 g/mol. The quantitative estimate of drug-likeness (QED) is 0.119. The van der Waals surface area contributed by atoms with Crippen LogP contribution in [0.2, 0.25) is 0 Å². The van der Waals surface area contributed by atoms with Gasteiger partial charge in [0.2, 0.25) is 11.8 Å². The maximum absolute atomic E-state index is 16.1. The van der Waals surface area contributed by atoms with E-state index in [0.29, 0.717) is 61.8 Å². The molecule has 7 rings (SSSR count). The molecule has 2 saturated heterocycles. The van der Waals surface area contributed by atoms with E-state index >= 15 is 17.6 Å². The molecule has 2 aromatic carbocycles. The van der Waals surface area contributed by atoms with Crippen molar-refractivity contribution in [2.45, 2.75) is 89.4 Å². The van der Waals surface area contributed by atoms with Crippen LogP contribution in [0.1, 0.15) is 88.2 Å². The Morgan fingerprint density at radius 1 is 0.683 bits per heavy atom. The molecular formula is C42H48F4N8O6. The number of halogens is 4. The van der Waals surface area contributed by atoms with Gasteiger partial charge in [0.15, 0.2) is 0 Å². The summed E-state index contributed by atoms with van der Waals surface area (Å²) in [5.74, 6) is -9.54. The van der Waals surface area contributed by atoms with Crippen LogP contribution >= 0.6 is 0 Å². The average molecular weight is 837 g/mol. The number of carbonyl (C=O) groups is 4. The summed E-state index contributed by atoms with van der Waals surface area (Å²) < 4.78 is 73.9. The maximum Gasteiger partial charge on any atom is 0.407 e. The summed E-state index contributed by atoms with van der Waals surface area (Å²) in [5.41, 5.74) is -0.768. The Balaban J connectivity index is 1.14. The molecule has 1 aliphatic carbocycles. The van der Waals surface area contributed by atoms with Crippen molar-refractivity contribution in [2.24, 2.45) is 11.8 Å². The highest BCUT2D eigenvalue weighted by atomic mass is 19.3. The molecule has 60 heavy (non-hydrogen) atoms. The summed E-state index contributed by atoms with van der Waals surface area (Å²) in [6.07, 6.45) is 3.81. The van der Waals surface area contributed by atoms with Gasteiger partial charge in [0, 0.05) is 35.3 Å². The second-order valence-corrected chi connectivity index (χ2v) is 16.1. The van der Waals surface area contributed by atoms with E-state index < -0.39 is 59.3 Å². The Kier molecular flexibility index (Phi) is 11.4. The number of aromatic nitrogens is 4. The lowest BCUT2D eigenvalue weighted by Crippen LogP contribution is -2.51. The van der Waals surface area contributed by atoms with Gasteiger partial charge >= 0.3 is 24.0 Å². The van der Waals surface area contributed by atoms with E-state index in [9.17, 15) is 19.2 Å². The average Bonchev–Trinajstić information content (AvgIpc) is 4.07. The highest BCUT2D eigenvalue weighted by Gasteiger charge is 2.63. The van der Waals surface area contributed by atoms with Gasteiger partial charge in [0.1, 0.15) is 23.7 Å². The summed E-state index contributed by atoms with van der Waals surface area (Å²) >= 11 is 0. The van der Waals surface area contributed by atoms with Crippen molar-refractivity contribution in [3.63, 3.8) is 0 Å². The topological polar surface area (TPSA) is 175 Å². The lowest BCUT2D eigenvalue weighted by Gasteiger charge is -2.35. The Morgan fingerprint density at radius 2 is 1.07 bits per heavy atom. The minimum atomic E-state index is -4.60. The van der Waals surface area contributed by atoms with Crippen LogP contribution in [-0.2, 0) is 30.9 Å². The van der Waals surface area contributed by atoms with Crippen molar-refractivity contribution in [1.82, 2.24) is 40.4 Å². The number of alkyl carbamates (subject to hydrolysis) is 2. The fourth-order valence-corrected chi connectivity index (χ4v) is 8.44. The molecule has 2 fully saturated rings. The third kappa shape index (κ3) is 7.44. The fraction of sp³-hybridized carbons (Fsp3) is 0.476. The molecule has 4 aromatic rings. The van der Waals surface area contributed by atoms with Gasteiger partial charge in [-0.3, -0.25) is 9.59 Å². The van der Waals surface area contributed by atoms with E-state index in [0.717, 1.165) is 12.1 Å². The number of ether oxygens (including phenoxy) is 2. The van der Waals surface area contributed by atoms with Gasteiger partial charge in [-0.05, 0) is 60.8 Å². The minimum absolute atomic E-state index is 0.0490. The SMILES string of the molecule is COC(=O)N[C@H](C(=O)N1CCC[C@H]1c1ncc(-c2ccc3c(c2)C(F)(F)C(F)(F)c2cc(-c4cnc([C@@H]5CCCN5C(=O)[C@@H](NC(=O)OC)C(C)C)[nH]4)ccc2-3)[nH]1)C(C)C. The number of hydrogen-bond donors (Lipinski definition) is 4. The number of carbonyl (C=O) groups excluding carboxylic acids is 4. The second-order valence-electron chi connectivity index (χ2n) is 16.1. The molecule has 0 bridgehead atoms. The number of amides is 4. The standard InChI is InChI=1S/C42H48F4N8O6/c1-21(2)33(51-39(57)59-5)37(55)53-15-7-9-31(53)35-47-19-29(49-35)23-11-13-25-26-14-12-24(18-28(26)42(45,46)41(43,44)27(25)17-23)30-20-48-36(50-30)32-10-8-16-54(32)38(56)34(22(3)4)52-40(58)60-6/h11-14,17-22,31-34H,7-10,15-16H2,1-6H3,(H,47,49)(H,48,50)(H,51,57)(H,52,58)/t31-,32-,33-,34-/m0/s1. The van der Waals surface area contributed by atoms with Crippen LogP contribution in [0.15, 0.2) is 48.8 Å². The number of benzene rings is 2. The summed E-state index contributed by atoms with van der Waals surface area (Å²) in [6, 6.07) is 5.30. The van der Waals surface area contributed by atoms with E-state index in [2.05, 4.69) is 30.6 Å². The zero-order chi connectivity index (χ0) is 43.3. The zero-order valence-electron chi connectivity index (χ0n) is 34.1. The van der Waals surface area contributed by atoms with Gasteiger partial charge in [-0.25, -0.2) is 19.6 Å². The third-order valence-electron chi connectivity index (χ3n) is 11.7. The van der Waals surface area contributed by atoms with Crippen LogP contribution in [0, 0.1) is 11.8 Å². The largest absolute Gasteiger partial charge is 0.453 e. The lowest BCUT2D eigenvalue weighted by molar-refractivity contribution is -0.225. The van der Waals surface area contributed by atoms with Crippen molar-refractivity contribution in [1.29, 1.82) is 0 Å². The first-order valence-electron chi connectivity index (χ1n) is 19.9. The highest BCUT2D eigenvalue weighted by molar-refractivity contribution is 5.87. The summed E-state index contributed by atoms with van der Waals surface area (Å²) in [5, 5.41) is 5.18. The van der Waals surface area contributed by atoms with Crippen molar-refractivity contribution in [3.05, 3.63) is 71.6 Å². The minimum Gasteiger partial charge on any atom is -0.453 e. The molecule has 3 aliphatic rings. The summed E-state index contributed by atoms with van der Waals surface area (Å²) in [7, 11) is 2.42. The predicted molar refractivity (Wildman–Crippen MR) is 211 cm³/mol. The van der Waals surface area contributed by atoms with Crippen LogP contribution in [0.3, 0.4) is 0 Å². The van der Waals surface area contributed by atoms with Crippen molar-refractivity contribution < 1.29 is 46.2 Å². The lowest BCUT2D eigenvalue weighted by atomic mass is 9.79. The molecule has 0 saturated carbocycles. The Labute approximate surface area is 343 Å². The fourth-order valence-electron chi connectivity index (χ4n) is 8.44. The van der Waals surface area contributed by atoms with Crippen molar-refractivity contribution >= 4 is 24.0 Å². The predicted octanol–water partition coefficient (Wildman–Crippen LogP) is 7.42. The number of rotatable bonds is 10. The molecule has 18 heteroatoms. The molecule has 4 N–H and O–H groups in total. The summed E-state index contributed by atoms with van der Waals surface area (Å²) in [6.45, 7) is 8.00. The van der Waals surface area contributed by atoms with Crippen molar-refractivity contribution in [3.8, 4) is 33.6 Å². The highest BCUT2D eigenvalue weighted by Crippen LogP contribution is 2.58. The number of fused-ring (bicyclic) bond motifs is 3. The summed E-state index contributed by atoms with van der Waals surface area (Å²) in [4.78, 5) is 69.5. The number of likely N-dealkylation sites (tertiary alicyclic amines) is 2. The van der Waals surface area contributed by atoms with E-state index in [-0.39, 0.29) is 45.9 Å². The van der Waals surface area contributed by atoms with Gasteiger partial charge in [-0.2, -0.15) is 17.6 Å². The number of aromatic amines is 2. The number of nitrogens with one attached hydrogen (secondary N) is 4. The third-order valence-corrected chi connectivity index (χ3v) is 11.7. The Morgan fingerprint density at radius 3 is 1.42 bits per heavy atom. The van der Waals surface area contributed by atoms with Gasteiger partial charge in [0.25, 0.3) is 0 Å². The molecular weight excluding hydrogens is 789 g/mol. The van der Waals surface area contributed by atoms with Crippen molar-refractivity contribution in [2.75, 3.05) is 27.3 Å². The van der Waals surface area contributed by atoms with E-state index in [1.807, 2.05) is 0 Å². The van der Waals surface area contributed by atoms with E-state index in [1.54, 1.807) is 49.6 Å². The van der Waals surface area contributed by atoms with Gasteiger partial charge in [0.05, 0.1) is 50.1 Å². The van der Waals surface area contributed by atoms with E-state index in [1.165, 1.54) is 38.7 Å². The molecule has 320 valence electrons. The molecule has 4 heterocycles. The van der Waals surface area contributed by atoms with E-state index in [4.69, 9.17) is 9.47 Å². The number of methoxy groups -OCH3 is 2. The van der Waals surface area contributed by atoms with Crippen LogP contribution in [0.4, 0.5) is 27.2 Å². The normalized spacial score (nSPS) is 20.1. The van der Waals surface area contributed by atoms with Crippen LogP contribution < -0.4 is 10.6 Å². The first kappa shape index (κ1) is 42.2. The Bertz CT molecular complexity index is 2130. The van der Waals surface area contributed by atoms with Crippen LogP contribution in [0.25, 0.3) is 33.6 Å².